The van der Waals surface area contributed by atoms with Gasteiger partial charge < -0.3 is 14.4 Å². The molecule has 0 radical (unpaired) electrons. The highest BCUT2D eigenvalue weighted by molar-refractivity contribution is 7.98. The van der Waals surface area contributed by atoms with Gasteiger partial charge in [-0.3, -0.25) is 0 Å². The molecule has 0 spiro atoms. The first-order valence-corrected chi connectivity index (χ1v) is 9.96. The van der Waals surface area contributed by atoms with Gasteiger partial charge in [0.1, 0.15) is 5.75 Å². The molecule has 0 aliphatic heterocycles. The van der Waals surface area contributed by atoms with E-state index in [1.54, 1.807) is 23.9 Å². The van der Waals surface area contributed by atoms with Crippen LogP contribution in [0.4, 0.5) is 4.79 Å². The predicted molar refractivity (Wildman–Crippen MR) is 111 cm³/mol. The van der Waals surface area contributed by atoms with Crippen LogP contribution in [0.1, 0.15) is 5.56 Å². The fraction of sp³-hybridized carbons (Fsp3) is 0.0909. The third-order valence-electron chi connectivity index (χ3n) is 4.49. The molecule has 1 aromatic heterocycles. The number of para-hydroxylation sites is 3. The average Bonchev–Trinajstić information content (AvgIpc) is 3.06. The molecule has 0 unspecified atom stereocenters. The van der Waals surface area contributed by atoms with E-state index in [2.05, 4.69) is 15.6 Å². The Bertz CT molecular complexity index is 1140. The lowest BCUT2D eigenvalue weighted by Crippen LogP contribution is -2.04. The molecule has 0 amide bonds. The minimum Gasteiger partial charge on any atom is -0.449 e. The number of hydrogen-bond donors (Lipinski definition) is 1. The number of imidazole rings is 1. The maximum atomic E-state index is 10.9. The van der Waals surface area contributed by atoms with Crippen LogP contribution in [0.25, 0.3) is 22.2 Å². The van der Waals surface area contributed by atoms with Gasteiger partial charge in [-0.25, -0.2) is 9.78 Å². The highest BCUT2D eigenvalue weighted by Crippen LogP contribution is 2.30. The van der Waals surface area contributed by atoms with Gasteiger partial charge in [0.2, 0.25) is 0 Å². The molecule has 5 nitrogen and oxygen atoms in total. The van der Waals surface area contributed by atoms with E-state index in [1.165, 1.54) is 0 Å². The maximum absolute atomic E-state index is 10.9. The zero-order valence-electron chi connectivity index (χ0n) is 15.2. The van der Waals surface area contributed by atoms with E-state index >= 15 is 0 Å². The molecule has 0 saturated carbocycles. The molecule has 28 heavy (non-hydrogen) atoms. The second-order valence-corrected chi connectivity index (χ2v) is 7.01. The normalized spacial score (nSPS) is 10.9. The fourth-order valence-electron chi connectivity index (χ4n) is 3.22. The molecule has 0 aliphatic rings. The van der Waals surface area contributed by atoms with E-state index in [9.17, 15) is 4.79 Å². The second-order valence-electron chi connectivity index (χ2n) is 6.23. The van der Waals surface area contributed by atoms with Crippen LogP contribution in [0.15, 0.2) is 78.0 Å². The Morgan fingerprint density at radius 2 is 1.75 bits per heavy atom. The van der Waals surface area contributed by atoms with Gasteiger partial charge in [0.15, 0.2) is 5.16 Å². The molecule has 1 N–H and O–H groups in total. The van der Waals surface area contributed by atoms with Gasteiger partial charge in [-0.1, -0.05) is 66.4 Å². The Balaban J connectivity index is 1.65. The number of benzene rings is 3. The van der Waals surface area contributed by atoms with E-state index in [0.717, 1.165) is 32.9 Å². The van der Waals surface area contributed by atoms with Crippen LogP contribution in [0.3, 0.4) is 0 Å². The highest BCUT2D eigenvalue weighted by Gasteiger charge is 2.12. The molecule has 0 fully saturated rings. The molecule has 6 heteroatoms. The summed E-state index contributed by atoms with van der Waals surface area (Å²) in [4.78, 5) is 15.6. The first kappa shape index (κ1) is 18.1. The molecule has 0 atom stereocenters. The zero-order chi connectivity index (χ0) is 19.5. The molecule has 140 valence electrons. The third kappa shape index (κ3) is 3.59. The molecule has 0 bridgehead atoms. The first-order chi connectivity index (χ1) is 13.7. The number of hydrogen-bond acceptors (Lipinski definition) is 4. The quantitative estimate of drug-likeness (QED) is 0.276. The van der Waals surface area contributed by atoms with Gasteiger partial charge in [-0.05, 0) is 35.6 Å². The summed E-state index contributed by atoms with van der Waals surface area (Å²) in [6.45, 7) is 0.713. The number of rotatable bonds is 5. The largest absolute Gasteiger partial charge is 0.511 e. The monoisotopic (exact) mass is 390 g/mol. The number of ether oxygens (including phenoxy) is 1. The third-order valence-corrected chi connectivity index (χ3v) is 5.17. The van der Waals surface area contributed by atoms with E-state index in [4.69, 9.17) is 9.84 Å². The Hall–Kier alpha value is -3.25. The molecule has 3 aromatic carbocycles. The van der Waals surface area contributed by atoms with E-state index in [1.807, 2.05) is 60.9 Å². The topological polar surface area (TPSA) is 64.4 Å². The van der Waals surface area contributed by atoms with E-state index < -0.39 is 6.16 Å². The molecule has 1 heterocycles. The van der Waals surface area contributed by atoms with Crippen LogP contribution >= 0.6 is 11.8 Å². The van der Waals surface area contributed by atoms with Crippen molar-refractivity contribution in [2.45, 2.75) is 11.7 Å². The minimum atomic E-state index is -1.32. The first-order valence-electron chi connectivity index (χ1n) is 8.74. The van der Waals surface area contributed by atoms with Crippen molar-refractivity contribution < 1.29 is 14.6 Å². The van der Waals surface area contributed by atoms with Gasteiger partial charge in [0.05, 0.1) is 17.6 Å². The Kier molecular flexibility index (Phi) is 5.04. The SMILES string of the molecule is CSc1nc2ccccc2n1Cc1ccc(-c2ccccc2OC(=O)O)cc1. The van der Waals surface area contributed by atoms with Crippen LogP contribution in [-0.2, 0) is 6.54 Å². The molecule has 0 saturated heterocycles. The lowest BCUT2D eigenvalue weighted by Gasteiger charge is -2.11. The smallest absolute Gasteiger partial charge is 0.449 e. The molecule has 4 aromatic rings. The standard InChI is InChI=1S/C22H18N2O3S/c1-28-21-23-18-7-3-4-8-19(18)24(21)14-15-10-12-16(13-11-15)17-6-2-5-9-20(17)27-22(25)26/h2-13H,14H2,1H3,(H,25,26). The number of carbonyl (C=O) groups is 1. The summed E-state index contributed by atoms with van der Waals surface area (Å²) >= 11 is 1.63. The van der Waals surface area contributed by atoms with Gasteiger partial charge in [0, 0.05) is 5.56 Å². The van der Waals surface area contributed by atoms with Crippen LogP contribution in [0.5, 0.6) is 5.75 Å². The van der Waals surface area contributed by atoms with Crippen LogP contribution in [0, 0.1) is 0 Å². The van der Waals surface area contributed by atoms with Crippen LogP contribution in [0.2, 0.25) is 0 Å². The summed E-state index contributed by atoms with van der Waals surface area (Å²) in [6, 6.07) is 23.3. The summed E-state index contributed by atoms with van der Waals surface area (Å²) in [6.07, 6.45) is 0.709. The lowest BCUT2D eigenvalue weighted by molar-refractivity contribution is 0.144. The van der Waals surface area contributed by atoms with Crippen molar-refractivity contribution in [3.05, 3.63) is 78.4 Å². The highest BCUT2D eigenvalue weighted by atomic mass is 32.2. The van der Waals surface area contributed by atoms with Crippen molar-refractivity contribution in [1.82, 2.24) is 9.55 Å². The Morgan fingerprint density at radius 1 is 1.04 bits per heavy atom. The van der Waals surface area contributed by atoms with E-state index in [0.29, 0.717) is 12.3 Å². The summed E-state index contributed by atoms with van der Waals surface area (Å²) in [7, 11) is 0. The second kappa shape index (κ2) is 7.78. The van der Waals surface area contributed by atoms with Crippen molar-refractivity contribution in [2.75, 3.05) is 6.26 Å². The maximum Gasteiger partial charge on any atom is 0.511 e. The van der Waals surface area contributed by atoms with Gasteiger partial charge >= 0.3 is 6.16 Å². The van der Waals surface area contributed by atoms with E-state index in [-0.39, 0.29) is 0 Å². The number of aromatic nitrogens is 2. The Labute approximate surface area is 166 Å². The minimum absolute atomic E-state index is 0.327. The van der Waals surface area contributed by atoms with Gasteiger partial charge in [0.25, 0.3) is 0 Å². The number of carboxylic acid groups (broad SMARTS) is 1. The van der Waals surface area contributed by atoms with Gasteiger partial charge in [-0.2, -0.15) is 0 Å². The van der Waals surface area contributed by atoms with Crippen LogP contribution in [-0.4, -0.2) is 27.1 Å². The van der Waals surface area contributed by atoms with Crippen molar-refractivity contribution in [2.24, 2.45) is 0 Å². The van der Waals surface area contributed by atoms with Crippen molar-refractivity contribution in [3.8, 4) is 16.9 Å². The zero-order valence-corrected chi connectivity index (χ0v) is 16.0. The molecule has 0 aliphatic carbocycles. The van der Waals surface area contributed by atoms with Crippen molar-refractivity contribution in [3.63, 3.8) is 0 Å². The fourth-order valence-corrected chi connectivity index (χ4v) is 3.80. The average molecular weight is 390 g/mol. The van der Waals surface area contributed by atoms with Gasteiger partial charge in [-0.15, -0.1) is 0 Å². The predicted octanol–water partition coefficient (Wildman–Crippen LogP) is 5.53. The summed E-state index contributed by atoms with van der Waals surface area (Å²) in [5.41, 5.74) is 4.88. The summed E-state index contributed by atoms with van der Waals surface area (Å²) < 4.78 is 7.10. The molecular weight excluding hydrogens is 372 g/mol. The molecule has 4 rings (SSSR count). The number of thioether (sulfide) groups is 1. The summed E-state index contributed by atoms with van der Waals surface area (Å²) in [5, 5.41) is 9.91. The molecular formula is C22H18N2O3S. The Morgan fingerprint density at radius 3 is 2.50 bits per heavy atom. The van der Waals surface area contributed by atoms with Crippen LogP contribution < -0.4 is 4.74 Å². The van der Waals surface area contributed by atoms with Crippen molar-refractivity contribution in [1.29, 1.82) is 0 Å². The number of nitrogens with zero attached hydrogens (tertiary/aromatic N) is 2. The number of fused-ring (bicyclic) bond motifs is 1. The summed E-state index contributed by atoms with van der Waals surface area (Å²) in [5.74, 6) is 0.327. The van der Waals surface area contributed by atoms with Crippen molar-refractivity contribution >= 4 is 29.0 Å². The lowest BCUT2D eigenvalue weighted by atomic mass is 10.0.